The molecule has 0 bridgehead atoms. The van der Waals surface area contributed by atoms with Crippen molar-refractivity contribution in [3.8, 4) is 0 Å². The Bertz CT molecular complexity index is 587. The number of carbonyl (C=O) groups excluding carboxylic acids is 1. The van der Waals surface area contributed by atoms with E-state index in [0.29, 0.717) is 5.56 Å². The normalized spacial score (nSPS) is 10.0. The third-order valence-corrected chi connectivity index (χ3v) is 2.46. The molecule has 0 fully saturated rings. The summed E-state index contributed by atoms with van der Waals surface area (Å²) in [4.78, 5) is 11.5. The van der Waals surface area contributed by atoms with E-state index >= 15 is 0 Å². The molecule has 0 heterocycles. The lowest BCUT2D eigenvalue weighted by Gasteiger charge is -2.08. The Morgan fingerprint density at radius 2 is 1.84 bits per heavy atom. The van der Waals surface area contributed by atoms with E-state index < -0.39 is 11.8 Å². The van der Waals surface area contributed by atoms with Gasteiger partial charge >= 0.3 is 6.03 Å². The fourth-order valence-electron chi connectivity index (χ4n) is 1.56. The van der Waals surface area contributed by atoms with Crippen molar-refractivity contribution in [2.45, 2.75) is 6.54 Å². The summed E-state index contributed by atoms with van der Waals surface area (Å²) in [6.07, 6.45) is 0. The van der Waals surface area contributed by atoms with Gasteiger partial charge in [0.05, 0.1) is 5.69 Å². The lowest BCUT2D eigenvalue weighted by Crippen LogP contribution is -2.28. The molecule has 0 atom stereocenters. The van der Waals surface area contributed by atoms with E-state index in [2.05, 4.69) is 10.6 Å². The average Bonchev–Trinajstić information content (AvgIpc) is 2.39. The Hall–Kier alpha value is -2.43. The van der Waals surface area contributed by atoms with E-state index in [9.17, 15) is 13.6 Å². The fraction of sp³-hybridized carbons (Fsp3) is 0.0714. The third-order valence-electron chi connectivity index (χ3n) is 2.46. The van der Waals surface area contributed by atoms with Crippen molar-refractivity contribution in [2.75, 3.05) is 5.32 Å². The zero-order valence-electron chi connectivity index (χ0n) is 9.99. The summed E-state index contributed by atoms with van der Waals surface area (Å²) in [5, 5.41) is 4.89. The van der Waals surface area contributed by atoms with Crippen LogP contribution in [0.25, 0.3) is 0 Å². The van der Waals surface area contributed by atoms with Crippen LogP contribution in [0.3, 0.4) is 0 Å². The Balaban J connectivity index is 1.90. The van der Waals surface area contributed by atoms with Gasteiger partial charge in [-0.25, -0.2) is 13.6 Å². The van der Waals surface area contributed by atoms with Gasteiger partial charge < -0.3 is 10.6 Å². The van der Waals surface area contributed by atoms with Gasteiger partial charge in [-0.2, -0.15) is 0 Å². The second kappa shape index (κ2) is 5.95. The predicted octanol–water partition coefficient (Wildman–Crippen LogP) is 3.29. The molecule has 2 rings (SSSR count). The lowest BCUT2D eigenvalue weighted by molar-refractivity contribution is 0.251. The summed E-state index contributed by atoms with van der Waals surface area (Å²) in [7, 11) is 0. The molecule has 0 aliphatic carbocycles. The Kier molecular flexibility index (Phi) is 4.07. The van der Waals surface area contributed by atoms with E-state index in [1.165, 1.54) is 30.3 Å². The van der Waals surface area contributed by atoms with E-state index in [0.717, 1.165) is 0 Å². The zero-order valence-corrected chi connectivity index (χ0v) is 9.99. The van der Waals surface area contributed by atoms with Gasteiger partial charge in [0, 0.05) is 6.54 Å². The van der Waals surface area contributed by atoms with Crippen LogP contribution < -0.4 is 10.6 Å². The fourth-order valence-corrected chi connectivity index (χ4v) is 1.56. The molecule has 2 aromatic rings. The topological polar surface area (TPSA) is 41.1 Å². The molecule has 2 amide bonds. The number of hydrogen-bond donors (Lipinski definition) is 2. The zero-order chi connectivity index (χ0) is 13.7. The maximum atomic E-state index is 13.3. The standard InChI is InChI=1S/C14H12F2N2O/c15-11-5-3-4-10(8-11)9-17-14(19)18-13-7-2-1-6-12(13)16/h1-8H,9H2,(H2,17,18,19). The van der Waals surface area contributed by atoms with Gasteiger partial charge in [-0.15, -0.1) is 0 Å². The second-order valence-electron chi connectivity index (χ2n) is 3.92. The minimum absolute atomic E-state index is 0.0965. The van der Waals surface area contributed by atoms with Gasteiger partial charge in [-0.1, -0.05) is 24.3 Å². The Labute approximate surface area is 109 Å². The third kappa shape index (κ3) is 3.77. The minimum atomic E-state index is -0.547. The van der Waals surface area contributed by atoms with Crippen molar-refractivity contribution < 1.29 is 13.6 Å². The van der Waals surface area contributed by atoms with Crippen LogP contribution in [-0.4, -0.2) is 6.03 Å². The molecule has 0 radical (unpaired) electrons. The first kappa shape index (κ1) is 13.0. The first-order chi connectivity index (χ1) is 9.15. The van der Waals surface area contributed by atoms with Crippen molar-refractivity contribution in [3.05, 3.63) is 65.7 Å². The smallest absolute Gasteiger partial charge is 0.319 e. The highest BCUT2D eigenvalue weighted by atomic mass is 19.1. The Morgan fingerprint density at radius 1 is 1.05 bits per heavy atom. The van der Waals surface area contributed by atoms with Crippen LogP contribution in [-0.2, 0) is 6.54 Å². The van der Waals surface area contributed by atoms with Crippen LogP contribution in [0.4, 0.5) is 19.3 Å². The number of anilines is 1. The summed E-state index contributed by atoms with van der Waals surface area (Å²) in [6, 6.07) is 11.2. The molecule has 3 nitrogen and oxygen atoms in total. The first-order valence-electron chi connectivity index (χ1n) is 5.69. The van der Waals surface area contributed by atoms with Gasteiger partial charge in [0.25, 0.3) is 0 Å². The number of hydrogen-bond acceptors (Lipinski definition) is 1. The van der Waals surface area contributed by atoms with Crippen molar-refractivity contribution in [2.24, 2.45) is 0 Å². The van der Waals surface area contributed by atoms with Crippen LogP contribution >= 0.6 is 0 Å². The van der Waals surface area contributed by atoms with E-state index in [1.807, 2.05) is 0 Å². The highest BCUT2D eigenvalue weighted by Crippen LogP contribution is 2.12. The van der Waals surface area contributed by atoms with Crippen molar-refractivity contribution in [1.82, 2.24) is 5.32 Å². The van der Waals surface area contributed by atoms with Crippen LogP contribution in [0, 0.1) is 11.6 Å². The summed E-state index contributed by atoms with van der Waals surface area (Å²) >= 11 is 0. The first-order valence-corrected chi connectivity index (χ1v) is 5.69. The van der Waals surface area contributed by atoms with Gasteiger partial charge in [0.2, 0.25) is 0 Å². The lowest BCUT2D eigenvalue weighted by atomic mass is 10.2. The van der Waals surface area contributed by atoms with Crippen LogP contribution in [0.5, 0.6) is 0 Å². The SMILES string of the molecule is O=C(NCc1cccc(F)c1)Nc1ccccc1F. The summed E-state index contributed by atoms with van der Waals surface area (Å²) < 4.78 is 26.2. The van der Waals surface area contributed by atoms with E-state index in [1.54, 1.807) is 18.2 Å². The molecule has 0 aliphatic rings. The second-order valence-corrected chi connectivity index (χ2v) is 3.92. The molecule has 0 aliphatic heterocycles. The molecule has 0 unspecified atom stereocenters. The van der Waals surface area contributed by atoms with E-state index in [4.69, 9.17) is 0 Å². The molecular formula is C14H12F2N2O. The highest BCUT2D eigenvalue weighted by Gasteiger charge is 2.05. The molecule has 0 saturated carbocycles. The molecule has 98 valence electrons. The van der Waals surface area contributed by atoms with Crippen LogP contribution in [0.15, 0.2) is 48.5 Å². The predicted molar refractivity (Wildman–Crippen MR) is 68.7 cm³/mol. The number of carbonyl (C=O) groups is 1. The largest absolute Gasteiger partial charge is 0.334 e. The van der Waals surface area contributed by atoms with Crippen molar-refractivity contribution in [1.29, 1.82) is 0 Å². The summed E-state index contributed by atoms with van der Waals surface area (Å²) in [6.45, 7) is 0.165. The van der Waals surface area contributed by atoms with Gasteiger partial charge in [-0.05, 0) is 29.8 Å². The van der Waals surface area contributed by atoms with Crippen LogP contribution in [0.1, 0.15) is 5.56 Å². The maximum Gasteiger partial charge on any atom is 0.319 e. The van der Waals surface area contributed by atoms with Gasteiger partial charge in [0.15, 0.2) is 0 Å². The van der Waals surface area contributed by atoms with Crippen molar-refractivity contribution in [3.63, 3.8) is 0 Å². The number of urea groups is 1. The summed E-state index contributed by atoms with van der Waals surface area (Å²) in [5.41, 5.74) is 0.725. The molecule has 2 aromatic carbocycles. The number of para-hydroxylation sites is 1. The number of amides is 2. The molecule has 19 heavy (non-hydrogen) atoms. The molecular weight excluding hydrogens is 250 g/mol. The van der Waals surface area contributed by atoms with E-state index in [-0.39, 0.29) is 18.0 Å². The number of halogens is 2. The Morgan fingerprint density at radius 3 is 2.58 bits per heavy atom. The van der Waals surface area contributed by atoms with Gasteiger partial charge in [-0.3, -0.25) is 0 Å². The molecule has 0 saturated heterocycles. The van der Waals surface area contributed by atoms with Crippen LogP contribution in [0.2, 0.25) is 0 Å². The maximum absolute atomic E-state index is 13.3. The molecule has 5 heteroatoms. The quantitative estimate of drug-likeness (QED) is 0.875. The monoisotopic (exact) mass is 262 g/mol. The molecule has 0 aromatic heterocycles. The average molecular weight is 262 g/mol. The summed E-state index contributed by atoms with van der Waals surface area (Å²) in [5.74, 6) is -0.878. The van der Waals surface area contributed by atoms with Gasteiger partial charge in [0.1, 0.15) is 11.6 Å². The molecule has 2 N–H and O–H groups in total. The minimum Gasteiger partial charge on any atom is -0.334 e. The number of benzene rings is 2. The highest BCUT2D eigenvalue weighted by molar-refractivity contribution is 5.89. The van der Waals surface area contributed by atoms with Crippen molar-refractivity contribution >= 4 is 11.7 Å². The number of rotatable bonds is 3. The molecule has 0 spiro atoms. The number of nitrogens with one attached hydrogen (secondary N) is 2.